The Morgan fingerprint density at radius 3 is 2.47 bits per heavy atom. The predicted octanol–water partition coefficient (Wildman–Crippen LogP) is 2.49. The summed E-state index contributed by atoms with van der Waals surface area (Å²) < 4.78 is 44.0. The number of benzene rings is 1. The second-order valence-electron chi connectivity index (χ2n) is 4.07. The Balaban J connectivity index is 2.30. The number of nitrogens with two attached hydrogens (primary N) is 1. The summed E-state index contributed by atoms with van der Waals surface area (Å²) in [5.74, 6) is -3.63. The van der Waals surface area contributed by atoms with Crippen LogP contribution >= 0.6 is 0 Å². The van der Waals surface area contributed by atoms with Crippen LogP contribution in [0.1, 0.15) is 36.7 Å². The first-order valence-corrected chi connectivity index (χ1v) is 5.75. The Morgan fingerprint density at radius 2 is 1.89 bits per heavy atom. The van der Waals surface area contributed by atoms with Crippen molar-refractivity contribution in [2.45, 2.75) is 25.8 Å². The van der Waals surface area contributed by atoms with E-state index in [0.29, 0.717) is 12.3 Å². The van der Waals surface area contributed by atoms with Gasteiger partial charge in [0.1, 0.15) is 0 Å². The quantitative estimate of drug-likeness (QED) is 0.868. The number of aromatic nitrogens is 2. The van der Waals surface area contributed by atoms with Crippen molar-refractivity contribution in [2.24, 2.45) is 5.73 Å². The van der Waals surface area contributed by atoms with Crippen LogP contribution in [0.15, 0.2) is 16.7 Å². The van der Waals surface area contributed by atoms with Gasteiger partial charge in [0.2, 0.25) is 5.89 Å². The maximum Gasteiger partial charge on any atom is 0.226 e. The van der Waals surface area contributed by atoms with E-state index in [-0.39, 0.29) is 11.4 Å². The molecule has 0 spiro atoms. The van der Waals surface area contributed by atoms with Gasteiger partial charge in [-0.05, 0) is 24.1 Å². The number of halogens is 3. The van der Waals surface area contributed by atoms with Crippen LogP contribution < -0.4 is 5.73 Å². The molecule has 0 amide bonds. The molecule has 0 aliphatic heterocycles. The molecule has 0 aliphatic rings. The summed E-state index contributed by atoms with van der Waals surface area (Å²) in [5.41, 5.74) is 5.81. The fraction of sp³-hybridized carbons (Fsp3) is 0.333. The molecule has 0 radical (unpaired) electrons. The monoisotopic (exact) mass is 271 g/mol. The molecule has 0 saturated heterocycles. The molecular formula is C12H12F3N3O. The Kier molecular flexibility index (Phi) is 3.84. The predicted molar refractivity (Wildman–Crippen MR) is 60.6 cm³/mol. The van der Waals surface area contributed by atoms with Gasteiger partial charge >= 0.3 is 0 Å². The van der Waals surface area contributed by atoms with E-state index in [1.807, 2.05) is 6.92 Å². The topological polar surface area (TPSA) is 64.9 Å². The lowest BCUT2D eigenvalue weighted by Gasteiger charge is -2.08. The van der Waals surface area contributed by atoms with Gasteiger partial charge in [-0.3, -0.25) is 0 Å². The van der Waals surface area contributed by atoms with Crippen molar-refractivity contribution < 1.29 is 17.7 Å². The van der Waals surface area contributed by atoms with Crippen LogP contribution in [0, 0.1) is 17.5 Å². The molecule has 102 valence electrons. The smallest absolute Gasteiger partial charge is 0.226 e. The molecule has 1 unspecified atom stereocenters. The third kappa shape index (κ3) is 2.76. The van der Waals surface area contributed by atoms with E-state index >= 15 is 0 Å². The second kappa shape index (κ2) is 5.40. The molecule has 0 aliphatic carbocycles. The van der Waals surface area contributed by atoms with E-state index in [4.69, 9.17) is 10.3 Å². The maximum absolute atomic E-state index is 13.1. The van der Waals surface area contributed by atoms with Crippen molar-refractivity contribution in [3.63, 3.8) is 0 Å². The van der Waals surface area contributed by atoms with Gasteiger partial charge in [-0.1, -0.05) is 12.1 Å². The lowest BCUT2D eigenvalue weighted by atomic mass is 10.1. The maximum atomic E-state index is 13.1. The van der Waals surface area contributed by atoms with Crippen molar-refractivity contribution in [3.8, 4) is 0 Å². The number of hydrogen-bond donors (Lipinski definition) is 1. The molecule has 19 heavy (non-hydrogen) atoms. The third-order valence-corrected chi connectivity index (χ3v) is 2.59. The zero-order valence-corrected chi connectivity index (χ0v) is 10.2. The van der Waals surface area contributed by atoms with E-state index in [1.54, 1.807) is 0 Å². The molecule has 2 aromatic rings. The van der Waals surface area contributed by atoms with Crippen molar-refractivity contribution in [1.29, 1.82) is 0 Å². The van der Waals surface area contributed by atoms with Crippen LogP contribution in [-0.4, -0.2) is 10.1 Å². The fourth-order valence-corrected chi connectivity index (χ4v) is 1.61. The lowest BCUT2D eigenvalue weighted by Crippen LogP contribution is -2.15. The Labute approximate surface area is 107 Å². The summed E-state index contributed by atoms with van der Waals surface area (Å²) in [6.07, 6.45) is 1.41. The van der Waals surface area contributed by atoms with Crippen molar-refractivity contribution in [2.75, 3.05) is 0 Å². The van der Waals surface area contributed by atoms with Crippen LogP contribution in [0.5, 0.6) is 0 Å². The highest BCUT2D eigenvalue weighted by atomic mass is 19.2. The first-order valence-electron chi connectivity index (χ1n) is 5.75. The summed E-state index contributed by atoms with van der Waals surface area (Å²) in [7, 11) is 0. The zero-order valence-electron chi connectivity index (χ0n) is 10.2. The molecule has 1 aromatic heterocycles. The van der Waals surface area contributed by atoms with Gasteiger partial charge in [-0.15, -0.1) is 0 Å². The first kappa shape index (κ1) is 13.5. The molecule has 4 nitrogen and oxygen atoms in total. The van der Waals surface area contributed by atoms with Crippen LogP contribution in [0.25, 0.3) is 0 Å². The van der Waals surface area contributed by atoms with Crippen LogP contribution in [0.4, 0.5) is 13.2 Å². The molecule has 7 heteroatoms. The summed E-state index contributed by atoms with van der Waals surface area (Å²) in [5, 5.41) is 3.64. The first-order chi connectivity index (χ1) is 9.02. The van der Waals surface area contributed by atoms with Crippen LogP contribution in [0.2, 0.25) is 0 Å². The summed E-state index contributed by atoms with van der Waals surface area (Å²) in [6, 6.07) is 0.664. The van der Waals surface area contributed by atoms with E-state index in [9.17, 15) is 13.2 Å². The summed E-state index contributed by atoms with van der Waals surface area (Å²) in [6.45, 7) is 1.94. The van der Waals surface area contributed by atoms with Gasteiger partial charge in [0, 0.05) is 6.42 Å². The highest BCUT2D eigenvalue weighted by molar-refractivity contribution is 5.26. The third-order valence-electron chi connectivity index (χ3n) is 2.59. The molecule has 1 heterocycles. The Morgan fingerprint density at radius 1 is 1.26 bits per heavy atom. The molecule has 1 aromatic carbocycles. The normalized spacial score (nSPS) is 12.7. The summed E-state index contributed by atoms with van der Waals surface area (Å²) in [4.78, 5) is 4.02. The van der Waals surface area contributed by atoms with Crippen molar-refractivity contribution >= 4 is 0 Å². The molecule has 0 bridgehead atoms. The van der Waals surface area contributed by atoms with Gasteiger partial charge in [-0.25, -0.2) is 13.2 Å². The number of aryl methyl sites for hydroxylation is 1. The lowest BCUT2D eigenvalue weighted by molar-refractivity contribution is 0.370. The number of rotatable bonds is 4. The Hall–Kier alpha value is -1.89. The van der Waals surface area contributed by atoms with Gasteiger partial charge in [0.05, 0.1) is 6.04 Å². The fourth-order valence-electron chi connectivity index (χ4n) is 1.61. The van der Waals surface area contributed by atoms with Gasteiger partial charge in [0.25, 0.3) is 0 Å². The second-order valence-corrected chi connectivity index (χ2v) is 4.07. The molecule has 1 atom stereocenters. The molecule has 2 N–H and O–H groups in total. The minimum atomic E-state index is -1.53. The standard InChI is InChI=1S/C12H12F3N3O/c1-2-3-9-17-12(18-19-9)11(16)6-4-7(13)10(15)8(14)5-6/h4-5,11H,2-3,16H2,1H3. The van der Waals surface area contributed by atoms with E-state index < -0.39 is 23.5 Å². The minimum Gasteiger partial charge on any atom is -0.339 e. The van der Waals surface area contributed by atoms with E-state index in [0.717, 1.165) is 18.6 Å². The highest BCUT2D eigenvalue weighted by Gasteiger charge is 2.20. The van der Waals surface area contributed by atoms with Crippen LogP contribution in [-0.2, 0) is 6.42 Å². The number of nitrogens with zero attached hydrogens (tertiary/aromatic N) is 2. The Bertz CT molecular complexity index is 562. The molecular weight excluding hydrogens is 259 g/mol. The zero-order chi connectivity index (χ0) is 14.0. The molecule has 2 rings (SSSR count). The van der Waals surface area contributed by atoms with E-state index in [2.05, 4.69) is 10.1 Å². The van der Waals surface area contributed by atoms with Gasteiger partial charge in [0.15, 0.2) is 23.3 Å². The van der Waals surface area contributed by atoms with Crippen LogP contribution in [0.3, 0.4) is 0 Å². The van der Waals surface area contributed by atoms with Gasteiger partial charge in [-0.2, -0.15) is 4.98 Å². The average molecular weight is 271 g/mol. The average Bonchev–Trinajstić information content (AvgIpc) is 2.83. The number of hydrogen-bond acceptors (Lipinski definition) is 4. The van der Waals surface area contributed by atoms with Gasteiger partial charge < -0.3 is 10.3 Å². The molecule has 0 fully saturated rings. The van der Waals surface area contributed by atoms with Crippen molar-refractivity contribution in [3.05, 3.63) is 46.9 Å². The molecule has 0 saturated carbocycles. The van der Waals surface area contributed by atoms with E-state index in [1.165, 1.54) is 0 Å². The summed E-state index contributed by atoms with van der Waals surface area (Å²) >= 11 is 0. The minimum absolute atomic E-state index is 0.0419. The largest absolute Gasteiger partial charge is 0.339 e. The van der Waals surface area contributed by atoms with Crippen molar-refractivity contribution in [1.82, 2.24) is 10.1 Å². The SMILES string of the molecule is CCCc1nc(C(N)c2cc(F)c(F)c(F)c2)no1. The highest BCUT2D eigenvalue weighted by Crippen LogP contribution is 2.21.